The Bertz CT molecular complexity index is 1400. The summed E-state index contributed by atoms with van der Waals surface area (Å²) in [4.78, 5) is 17.6. The Morgan fingerprint density at radius 2 is 1.92 bits per heavy atom. The molecule has 1 atom stereocenters. The number of nitro groups is 1. The average molecular weight is 488 g/mol. The van der Waals surface area contributed by atoms with Crippen LogP contribution >= 0.6 is 0 Å². The molecule has 9 heteroatoms. The fraction of sp³-hybridized carbons (Fsp3) is 0.259. The lowest BCUT2D eigenvalue weighted by Gasteiger charge is -2.31. The molecule has 2 heterocycles. The van der Waals surface area contributed by atoms with E-state index < -0.39 is 10.5 Å². The van der Waals surface area contributed by atoms with Crippen LogP contribution in [0.2, 0.25) is 0 Å². The maximum atomic E-state index is 13.7. The van der Waals surface area contributed by atoms with Gasteiger partial charge in [-0.1, -0.05) is 36.4 Å². The number of halogens is 1. The van der Waals surface area contributed by atoms with Crippen molar-refractivity contribution in [1.29, 1.82) is 0 Å². The largest absolute Gasteiger partial charge is 0.361 e. The first kappa shape index (κ1) is 23.8. The van der Waals surface area contributed by atoms with Crippen LogP contribution in [-0.4, -0.2) is 45.6 Å². The summed E-state index contributed by atoms with van der Waals surface area (Å²) in [7, 11) is 4.07. The second-order valence-corrected chi connectivity index (χ2v) is 9.18. The number of nitrogens with one attached hydrogen (secondary N) is 1. The first-order valence-corrected chi connectivity index (χ1v) is 11.7. The highest BCUT2D eigenvalue weighted by Crippen LogP contribution is 2.46. The van der Waals surface area contributed by atoms with Gasteiger partial charge >= 0.3 is 0 Å². The number of fused-ring (bicyclic) bond motifs is 1. The summed E-state index contributed by atoms with van der Waals surface area (Å²) in [6.07, 6.45) is 1.66. The zero-order chi connectivity index (χ0) is 25.3. The Hall–Kier alpha value is -3.95. The standard InChI is InChI=1S/C27H26FN5O3/c1-32(2)15-5-14-27(20-9-11-21(28)12-10-20)23-13-8-18(16-19(23)17-36-27)25-29-26(31-30-25)22-6-3-4-7-24(22)33(34)35/h3-4,6-13,16H,5,14-15,17H2,1-2H3,(H,29,30,31)/t27-/m0/s1. The molecule has 0 saturated carbocycles. The van der Waals surface area contributed by atoms with E-state index in [1.54, 1.807) is 30.3 Å². The highest BCUT2D eigenvalue weighted by atomic mass is 19.1. The van der Waals surface area contributed by atoms with Gasteiger partial charge in [-0.3, -0.25) is 15.2 Å². The molecule has 3 aromatic carbocycles. The summed E-state index contributed by atoms with van der Waals surface area (Å²) in [5, 5.41) is 18.6. The van der Waals surface area contributed by atoms with Crippen LogP contribution in [0.1, 0.15) is 29.5 Å². The van der Waals surface area contributed by atoms with Crippen LogP contribution < -0.4 is 0 Å². The molecule has 4 aromatic rings. The summed E-state index contributed by atoms with van der Waals surface area (Å²) in [6.45, 7) is 1.31. The molecule has 0 saturated heterocycles. The third kappa shape index (κ3) is 4.38. The Kier molecular flexibility index (Phi) is 6.34. The lowest BCUT2D eigenvalue weighted by atomic mass is 9.81. The lowest BCUT2D eigenvalue weighted by molar-refractivity contribution is -0.384. The molecular weight excluding hydrogens is 461 g/mol. The van der Waals surface area contributed by atoms with E-state index in [-0.39, 0.29) is 11.5 Å². The number of hydrogen-bond acceptors (Lipinski definition) is 6. The zero-order valence-corrected chi connectivity index (χ0v) is 20.1. The minimum absolute atomic E-state index is 0.0376. The van der Waals surface area contributed by atoms with Gasteiger partial charge in [0.05, 0.1) is 17.1 Å². The molecule has 1 aliphatic rings. The van der Waals surface area contributed by atoms with Gasteiger partial charge in [-0.2, -0.15) is 5.10 Å². The summed E-state index contributed by atoms with van der Waals surface area (Å²) < 4.78 is 20.1. The Morgan fingerprint density at radius 1 is 1.14 bits per heavy atom. The quantitative estimate of drug-likeness (QED) is 0.268. The number of rotatable bonds is 8. The Labute approximate surface area is 207 Å². The predicted molar refractivity (Wildman–Crippen MR) is 134 cm³/mol. The monoisotopic (exact) mass is 487 g/mol. The maximum absolute atomic E-state index is 13.7. The Morgan fingerprint density at radius 3 is 2.67 bits per heavy atom. The van der Waals surface area contributed by atoms with Crippen LogP contribution in [0.25, 0.3) is 22.8 Å². The smallest absolute Gasteiger partial charge is 0.280 e. The van der Waals surface area contributed by atoms with Crippen LogP contribution in [0, 0.1) is 15.9 Å². The van der Waals surface area contributed by atoms with Crippen molar-refractivity contribution in [3.8, 4) is 22.8 Å². The van der Waals surface area contributed by atoms with Crippen molar-refractivity contribution in [2.75, 3.05) is 20.6 Å². The minimum atomic E-state index is -0.660. The van der Waals surface area contributed by atoms with E-state index in [0.29, 0.717) is 23.8 Å². The number of H-pyrrole nitrogens is 1. The van der Waals surface area contributed by atoms with Gasteiger partial charge < -0.3 is 9.64 Å². The summed E-state index contributed by atoms with van der Waals surface area (Å²) >= 11 is 0. The number of aromatic nitrogens is 3. The molecule has 1 aliphatic heterocycles. The van der Waals surface area contributed by atoms with Gasteiger partial charge in [-0.05, 0) is 74.4 Å². The number of aromatic amines is 1. The van der Waals surface area contributed by atoms with Gasteiger partial charge in [0.2, 0.25) is 0 Å². The SMILES string of the molecule is CN(C)CCC[C@@]1(c2ccc(F)cc2)OCc2cc(-c3n[nH]c(-c4ccccc4[N+](=O)[O-])n3)ccc21. The van der Waals surface area contributed by atoms with Crippen molar-refractivity contribution in [3.05, 3.63) is 99.4 Å². The molecule has 5 rings (SSSR count). The number of nitro benzene ring substituents is 1. The third-order valence-corrected chi connectivity index (χ3v) is 6.56. The second kappa shape index (κ2) is 9.60. The molecule has 1 N–H and O–H groups in total. The van der Waals surface area contributed by atoms with Crippen LogP contribution in [0.15, 0.2) is 66.7 Å². The van der Waals surface area contributed by atoms with E-state index in [4.69, 9.17) is 4.74 Å². The van der Waals surface area contributed by atoms with E-state index >= 15 is 0 Å². The highest BCUT2D eigenvalue weighted by Gasteiger charge is 2.41. The van der Waals surface area contributed by atoms with Crippen molar-refractivity contribution < 1.29 is 14.1 Å². The number of hydrogen-bond donors (Lipinski definition) is 1. The normalized spacial score (nSPS) is 16.9. The molecule has 36 heavy (non-hydrogen) atoms. The molecular formula is C27H26FN5O3. The van der Waals surface area contributed by atoms with Crippen LogP contribution in [0.3, 0.4) is 0 Å². The fourth-order valence-corrected chi connectivity index (χ4v) is 4.82. The van der Waals surface area contributed by atoms with Crippen molar-refractivity contribution in [3.63, 3.8) is 0 Å². The van der Waals surface area contributed by atoms with Gasteiger partial charge in [-0.15, -0.1) is 0 Å². The zero-order valence-electron chi connectivity index (χ0n) is 20.1. The fourth-order valence-electron chi connectivity index (χ4n) is 4.82. The third-order valence-electron chi connectivity index (χ3n) is 6.56. The van der Waals surface area contributed by atoms with E-state index in [9.17, 15) is 14.5 Å². The predicted octanol–water partition coefficient (Wildman–Crippen LogP) is 5.30. The number of ether oxygens (including phenoxy) is 1. The highest BCUT2D eigenvalue weighted by molar-refractivity contribution is 5.70. The van der Waals surface area contributed by atoms with E-state index in [0.717, 1.165) is 41.6 Å². The van der Waals surface area contributed by atoms with Crippen molar-refractivity contribution >= 4 is 5.69 Å². The molecule has 0 spiro atoms. The average Bonchev–Trinajstić information content (AvgIpc) is 3.50. The summed E-state index contributed by atoms with van der Waals surface area (Å²) in [6, 6.07) is 18.9. The van der Waals surface area contributed by atoms with E-state index in [2.05, 4.69) is 20.1 Å². The molecule has 0 unspecified atom stereocenters. The summed E-state index contributed by atoms with van der Waals surface area (Å²) in [5.74, 6) is 0.492. The molecule has 0 bridgehead atoms. The molecule has 8 nitrogen and oxygen atoms in total. The molecule has 0 aliphatic carbocycles. The number of nitrogens with zero attached hydrogens (tertiary/aromatic N) is 4. The van der Waals surface area contributed by atoms with Gasteiger partial charge in [0.15, 0.2) is 11.6 Å². The van der Waals surface area contributed by atoms with Crippen molar-refractivity contribution in [2.45, 2.75) is 25.0 Å². The van der Waals surface area contributed by atoms with Gasteiger partial charge in [0.25, 0.3) is 5.69 Å². The topological polar surface area (TPSA) is 97.2 Å². The first-order chi connectivity index (χ1) is 17.4. The van der Waals surface area contributed by atoms with Crippen molar-refractivity contribution in [2.24, 2.45) is 0 Å². The van der Waals surface area contributed by atoms with Gasteiger partial charge in [0, 0.05) is 11.6 Å². The van der Waals surface area contributed by atoms with Crippen LogP contribution in [-0.2, 0) is 16.9 Å². The minimum Gasteiger partial charge on any atom is -0.361 e. The molecule has 184 valence electrons. The van der Waals surface area contributed by atoms with Crippen LogP contribution in [0.5, 0.6) is 0 Å². The molecule has 0 radical (unpaired) electrons. The van der Waals surface area contributed by atoms with E-state index in [1.807, 2.05) is 32.3 Å². The molecule has 1 aromatic heterocycles. The van der Waals surface area contributed by atoms with Gasteiger partial charge in [-0.25, -0.2) is 9.37 Å². The number of para-hydroxylation sites is 1. The lowest BCUT2D eigenvalue weighted by Crippen LogP contribution is -2.28. The van der Waals surface area contributed by atoms with Gasteiger partial charge in [0.1, 0.15) is 11.4 Å². The molecule has 0 fully saturated rings. The molecule has 0 amide bonds. The summed E-state index contributed by atoms with van der Waals surface area (Å²) in [5.41, 5.74) is 3.44. The first-order valence-electron chi connectivity index (χ1n) is 11.7. The number of benzene rings is 3. The van der Waals surface area contributed by atoms with Crippen molar-refractivity contribution in [1.82, 2.24) is 20.1 Å². The Balaban J connectivity index is 1.49. The maximum Gasteiger partial charge on any atom is 0.280 e. The second-order valence-electron chi connectivity index (χ2n) is 9.18. The van der Waals surface area contributed by atoms with Crippen LogP contribution in [0.4, 0.5) is 10.1 Å². The van der Waals surface area contributed by atoms with E-state index in [1.165, 1.54) is 18.2 Å².